The normalized spacial score (nSPS) is 11.8. The van der Waals surface area contributed by atoms with Gasteiger partial charge in [0, 0.05) is 30.5 Å². The van der Waals surface area contributed by atoms with Crippen molar-refractivity contribution in [3.8, 4) is 11.5 Å². The number of oxime groups is 1. The van der Waals surface area contributed by atoms with E-state index in [1.54, 1.807) is 26.0 Å². The molecule has 10 nitrogen and oxygen atoms in total. The average molecular weight is 630 g/mol. The van der Waals surface area contributed by atoms with Crippen molar-refractivity contribution in [1.82, 2.24) is 19.9 Å². The number of halogens is 2. The first-order chi connectivity index (χ1) is 20.0. The lowest BCUT2D eigenvalue weighted by molar-refractivity contribution is -0.124. The summed E-state index contributed by atoms with van der Waals surface area (Å²) < 4.78 is 8.05. The van der Waals surface area contributed by atoms with E-state index in [2.05, 4.69) is 39.6 Å². The predicted molar refractivity (Wildman–Crippen MR) is 173 cm³/mol. The summed E-state index contributed by atoms with van der Waals surface area (Å²) in [4.78, 5) is 26.3. The van der Waals surface area contributed by atoms with Crippen LogP contribution in [-0.4, -0.2) is 50.0 Å². The van der Waals surface area contributed by atoms with Gasteiger partial charge < -0.3 is 29.9 Å². The van der Waals surface area contributed by atoms with Gasteiger partial charge in [-0.1, -0.05) is 42.7 Å². The number of nitrogens with one attached hydrogen (secondary N) is 2. The maximum absolute atomic E-state index is 12.1. The SMILES string of the molecule is C/C(=N\OCC(C)C)c1cccc(Oc2ccc(Nc3ncnc4ccn(CCNC(=O)CC(C)(C)O)c34)cc2Cl)c1.Cl. The van der Waals surface area contributed by atoms with Crippen molar-refractivity contribution < 1.29 is 19.5 Å². The fourth-order valence-electron chi connectivity index (χ4n) is 4.13. The average Bonchev–Trinajstić information content (AvgIpc) is 3.33. The third-order valence-corrected chi connectivity index (χ3v) is 6.40. The summed E-state index contributed by atoms with van der Waals surface area (Å²) in [6.07, 6.45) is 3.42. The molecule has 4 rings (SSSR count). The van der Waals surface area contributed by atoms with Gasteiger partial charge in [-0.3, -0.25) is 4.79 Å². The number of fused-ring (bicyclic) bond motifs is 1. The Morgan fingerprint density at radius 2 is 1.95 bits per heavy atom. The maximum Gasteiger partial charge on any atom is 0.222 e. The number of ether oxygens (including phenoxy) is 1. The standard InChI is InChI=1S/C31H37ClN6O4.ClH/c1-20(2)18-41-37-21(3)22-7-6-8-24(15-22)42-27-10-9-23(16-25(27)32)36-30-29-26(34-19-35-30)11-13-38(29)14-12-33-28(39)17-31(4,5)40;/h6-11,13,15-16,19-20,40H,12,14,17-18H2,1-5H3,(H,33,39)(H,34,35,36);1H/b37-21+;. The van der Waals surface area contributed by atoms with Gasteiger partial charge in [-0.2, -0.15) is 0 Å². The van der Waals surface area contributed by atoms with Gasteiger partial charge in [0.2, 0.25) is 5.91 Å². The Bertz CT molecular complexity index is 1570. The fourth-order valence-corrected chi connectivity index (χ4v) is 4.35. The molecule has 0 fully saturated rings. The first kappa shape index (κ1) is 33.6. The van der Waals surface area contributed by atoms with Gasteiger partial charge >= 0.3 is 0 Å². The number of nitrogens with zero attached hydrogens (tertiary/aromatic N) is 4. The number of carbonyl (C=O) groups excluding carboxylic acids is 1. The van der Waals surface area contributed by atoms with E-state index in [1.165, 1.54) is 6.33 Å². The van der Waals surface area contributed by atoms with Crippen LogP contribution in [0.2, 0.25) is 5.02 Å². The van der Waals surface area contributed by atoms with E-state index in [1.807, 2.05) is 54.1 Å². The highest BCUT2D eigenvalue weighted by molar-refractivity contribution is 6.32. The molecule has 2 heterocycles. The monoisotopic (exact) mass is 628 g/mol. The largest absolute Gasteiger partial charge is 0.456 e. The minimum Gasteiger partial charge on any atom is -0.456 e. The first-order valence-electron chi connectivity index (χ1n) is 13.8. The van der Waals surface area contributed by atoms with Crippen molar-refractivity contribution in [3.63, 3.8) is 0 Å². The zero-order chi connectivity index (χ0) is 30.3. The highest BCUT2D eigenvalue weighted by Gasteiger charge is 2.18. The third-order valence-electron chi connectivity index (χ3n) is 6.10. The van der Waals surface area contributed by atoms with Crippen molar-refractivity contribution >= 4 is 58.2 Å². The van der Waals surface area contributed by atoms with Crippen molar-refractivity contribution in [1.29, 1.82) is 0 Å². The number of anilines is 2. The van der Waals surface area contributed by atoms with Crippen LogP contribution in [-0.2, 0) is 16.2 Å². The van der Waals surface area contributed by atoms with Crippen LogP contribution < -0.4 is 15.4 Å². The van der Waals surface area contributed by atoms with Crippen LogP contribution in [0.1, 0.15) is 46.6 Å². The molecule has 0 radical (unpaired) electrons. The van der Waals surface area contributed by atoms with Gasteiger partial charge in [-0.25, -0.2) is 9.97 Å². The molecule has 2 aromatic heterocycles. The van der Waals surface area contributed by atoms with Crippen molar-refractivity contribution in [3.05, 3.63) is 71.6 Å². The molecule has 2 aromatic carbocycles. The molecule has 0 bridgehead atoms. The number of aromatic nitrogens is 3. The first-order valence-corrected chi connectivity index (χ1v) is 14.2. The number of hydrogen-bond donors (Lipinski definition) is 3. The Balaban J connectivity index is 0.00000506. The number of aliphatic hydroxyl groups is 1. The molecule has 0 saturated carbocycles. The summed E-state index contributed by atoms with van der Waals surface area (Å²) in [5.41, 5.74) is 2.85. The van der Waals surface area contributed by atoms with Gasteiger partial charge in [0.25, 0.3) is 0 Å². The molecule has 0 unspecified atom stereocenters. The molecule has 3 N–H and O–H groups in total. The quantitative estimate of drug-likeness (QED) is 0.111. The van der Waals surface area contributed by atoms with E-state index in [-0.39, 0.29) is 24.7 Å². The van der Waals surface area contributed by atoms with Crippen LogP contribution in [0.4, 0.5) is 11.5 Å². The van der Waals surface area contributed by atoms with Crippen LogP contribution in [0, 0.1) is 5.92 Å². The van der Waals surface area contributed by atoms with Crippen LogP contribution in [0.5, 0.6) is 11.5 Å². The summed E-state index contributed by atoms with van der Waals surface area (Å²) in [5, 5.41) is 20.6. The minimum atomic E-state index is -1.06. The van der Waals surface area contributed by atoms with Crippen LogP contribution in [0.15, 0.2) is 66.2 Å². The molecular formula is C31H38Cl2N6O4. The summed E-state index contributed by atoms with van der Waals surface area (Å²) in [6, 6.07) is 14.9. The molecule has 0 atom stereocenters. The Morgan fingerprint density at radius 3 is 2.67 bits per heavy atom. The summed E-state index contributed by atoms with van der Waals surface area (Å²) >= 11 is 6.61. The minimum absolute atomic E-state index is 0. The van der Waals surface area contributed by atoms with Gasteiger partial charge in [0.1, 0.15) is 29.9 Å². The maximum atomic E-state index is 12.1. The fraction of sp³-hybridized carbons (Fsp3) is 0.355. The summed E-state index contributed by atoms with van der Waals surface area (Å²) in [6.45, 7) is 10.7. The number of amides is 1. The van der Waals surface area contributed by atoms with E-state index in [4.69, 9.17) is 21.2 Å². The number of rotatable bonds is 13. The zero-order valence-corrected chi connectivity index (χ0v) is 26.5. The second-order valence-corrected chi connectivity index (χ2v) is 11.5. The van der Waals surface area contributed by atoms with E-state index in [9.17, 15) is 9.90 Å². The van der Waals surface area contributed by atoms with Crippen LogP contribution >= 0.6 is 24.0 Å². The van der Waals surface area contributed by atoms with Crippen molar-refractivity contribution in [2.24, 2.45) is 11.1 Å². The Labute approximate surface area is 262 Å². The van der Waals surface area contributed by atoms with Gasteiger partial charge in [-0.05, 0) is 63.1 Å². The molecule has 0 aliphatic rings. The lowest BCUT2D eigenvalue weighted by Crippen LogP contribution is -2.33. The Morgan fingerprint density at radius 1 is 1.16 bits per heavy atom. The Hall–Kier alpha value is -3.86. The molecule has 1 amide bonds. The lowest BCUT2D eigenvalue weighted by atomic mass is 10.1. The molecule has 0 saturated heterocycles. The number of benzene rings is 2. The second-order valence-electron chi connectivity index (χ2n) is 11.1. The predicted octanol–water partition coefficient (Wildman–Crippen LogP) is 6.72. The highest BCUT2D eigenvalue weighted by atomic mass is 35.5. The molecular weight excluding hydrogens is 591 g/mol. The summed E-state index contributed by atoms with van der Waals surface area (Å²) in [5.74, 6) is 1.91. The van der Waals surface area contributed by atoms with Crippen LogP contribution in [0.25, 0.3) is 11.0 Å². The van der Waals surface area contributed by atoms with E-state index in [0.29, 0.717) is 48.0 Å². The zero-order valence-electron chi connectivity index (χ0n) is 24.9. The second kappa shape index (κ2) is 15.0. The number of carbonyl (C=O) groups is 1. The molecule has 230 valence electrons. The molecule has 0 aliphatic heterocycles. The molecule has 12 heteroatoms. The van der Waals surface area contributed by atoms with Crippen LogP contribution in [0.3, 0.4) is 0 Å². The van der Waals surface area contributed by atoms with E-state index < -0.39 is 5.60 Å². The van der Waals surface area contributed by atoms with Gasteiger partial charge in [0.15, 0.2) is 5.82 Å². The third kappa shape index (κ3) is 9.84. The summed E-state index contributed by atoms with van der Waals surface area (Å²) in [7, 11) is 0. The molecule has 0 aliphatic carbocycles. The smallest absolute Gasteiger partial charge is 0.222 e. The van der Waals surface area contributed by atoms with E-state index in [0.717, 1.165) is 28.0 Å². The highest BCUT2D eigenvalue weighted by Crippen LogP contribution is 2.33. The van der Waals surface area contributed by atoms with Gasteiger partial charge in [-0.15, -0.1) is 12.4 Å². The lowest BCUT2D eigenvalue weighted by Gasteiger charge is -2.16. The van der Waals surface area contributed by atoms with Gasteiger partial charge in [0.05, 0.1) is 28.3 Å². The van der Waals surface area contributed by atoms with E-state index >= 15 is 0 Å². The molecule has 43 heavy (non-hydrogen) atoms. The van der Waals surface area contributed by atoms with Crippen molar-refractivity contribution in [2.45, 2.75) is 53.2 Å². The van der Waals surface area contributed by atoms with Crippen molar-refractivity contribution in [2.75, 3.05) is 18.5 Å². The number of hydrogen-bond acceptors (Lipinski definition) is 8. The Kier molecular flexibility index (Phi) is 11.8. The molecule has 4 aromatic rings. The molecule has 0 spiro atoms. The topological polar surface area (TPSA) is 123 Å².